The fourth-order valence-corrected chi connectivity index (χ4v) is 3.65. The van der Waals surface area contributed by atoms with Crippen LogP contribution in [0.4, 0.5) is 0 Å². The van der Waals surface area contributed by atoms with Crippen LogP contribution in [0.15, 0.2) is 0 Å². The normalized spacial score (nSPS) is 25.5. The van der Waals surface area contributed by atoms with Crippen LogP contribution in [0.1, 0.15) is 51.9 Å². The molecule has 1 saturated carbocycles. The molecule has 1 N–H and O–H groups in total. The highest BCUT2D eigenvalue weighted by Gasteiger charge is 2.50. The monoisotopic (exact) mass is 295 g/mol. The number of hydrogen-bond acceptors (Lipinski definition) is 3. The van der Waals surface area contributed by atoms with E-state index in [9.17, 15) is 9.59 Å². The number of nitrogens with zero attached hydrogens (tertiary/aromatic N) is 2. The molecule has 2 aliphatic rings. The van der Waals surface area contributed by atoms with Crippen molar-refractivity contribution in [2.45, 2.75) is 63.5 Å². The number of carbonyl (C=O) groups excluding carboxylic acids is 2. The largest absolute Gasteiger partial charge is 0.340 e. The maximum absolute atomic E-state index is 13.0. The van der Waals surface area contributed by atoms with Gasteiger partial charge in [0.25, 0.3) is 0 Å². The molecule has 0 aromatic heterocycles. The molecule has 1 unspecified atom stereocenters. The standard InChI is InChI=1S/C16H29N3O2/c1-4-13-14(20)17-16(9-6-5-7-10-16)15(21)19(13)12-8-11-18(2)3/h13H,4-12H2,1-3H3,(H,17,20). The maximum atomic E-state index is 13.0. The average molecular weight is 295 g/mol. The fourth-order valence-electron chi connectivity index (χ4n) is 3.65. The molecule has 120 valence electrons. The molecule has 5 heteroatoms. The molecule has 1 atom stereocenters. The first-order valence-corrected chi connectivity index (χ1v) is 8.28. The Labute approximate surface area is 128 Å². The highest BCUT2D eigenvalue weighted by atomic mass is 16.2. The Balaban J connectivity index is 2.12. The molecular weight excluding hydrogens is 266 g/mol. The topological polar surface area (TPSA) is 52.7 Å². The summed E-state index contributed by atoms with van der Waals surface area (Å²) in [6.45, 7) is 3.61. The van der Waals surface area contributed by atoms with Gasteiger partial charge in [-0.25, -0.2) is 0 Å². The number of rotatable bonds is 5. The van der Waals surface area contributed by atoms with Gasteiger partial charge < -0.3 is 15.1 Å². The van der Waals surface area contributed by atoms with Crippen LogP contribution in [-0.4, -0.2) is 60.4 Å². The van der Waals surface area contributed by atoms with Gasteiger partial charge in [-0.15, -0.1) is 0 Å². The van der Waals surface area contributed by atoms with Crippen LogP contribution in [0.5, 0.6) is 0 Å². The van der Waals surface area contributed by atoms with Crippen molar-refractivity contribution in [3.8, 4) is 0 Å². The minimum Gasteiger partial charge on any atom is -0.340 e. The average Bonchev–Trinajstić information content (AvgIpc) is 2.45. The summed E-state index contributed by atoms with van der Waals surface area (Å²) in [6.07, 6.45) is 6.45. The molecule has 0 aromatic rings. The summed E-state index contributed by atoms with van der Waals surface area (Å²) in [5.41, 5.74) is -0.598. The molecular formula is C16H29N3O2. The van der Waals surface area contributed by atoms with Gasteiger partial charge in [-0.05, 0) is 46.3 Å². The van der Waals surface area contributed by atoms with Crippen molar-refractivity contribution < 1.29 is 9.59 Å². The number of hydrogen-bond donors (Lipinski definition) is 1. The highest BCUT2D eigenvalue weighted by Crippen LogP contribution is 2.33. The zero-order chi connectivity index (χ0) is 15.5. The van der Waals surface area contributed by atoms with Gasteiger partial charge >= 0.3 is 0 Å². The molecule has 1 aliphatic carbocycles. The Bertz CT molecular complexity index is 389. The summed E-state index contributed by atoms with van der Waals surface area (Å²) >= 11 is 0. The first-order valence-electron chi connectivity index (χ1n) is 8.28. The van der Waals surface area contributed by atoms with Gasteiger partial charge in [0, 0.05) is 6.54 Å². The van der Waals surface area contributed by atoms with E-state index in [-0.39, 0.29) is 17.9 Å². The van der Waals surface area contributed by atoms with E-state index in [1.807, 2.05) is 25.9 Å². The Hall–Kier alpha value is -1.10. The molecule has 5 nitrogen and oxygen atoms in total. The van der Waals surface area contributed by atoms with Crippen LogP contribution in [0.3, 0.4) is 0 Å². The van der Waals surface area contributed by atoms with E-state index in [1.54, 1.807) is 0 Å². The third-order valence-electron chi connectivity index (χ3n) is 4.81. The van der Waals surface area contributed by atoms with Crippen LogP contribution in [0.2, 0.25) is 0 Å². The number of piperazine rings is 1. The van der Waals surface area contributed by atoms with Crippen LogP contribution in [0.25, 0.3) is 0 Å². The highest BCUT2D eigenvalue weighted by molar-refractivity contribution is 5.99. The molecule has 0 radical (unpaired) electrons. The predicted molar refractivity (Wildman–Crippen MR) is 82.9 cm³/mol. The number of amides is 2. The molecule has 2 fully saturated rings. The van der Waals surface area contributed by atoms with E-state index in [0.29, 0.717) is 13.0 Å². The molecule has 1 spiro atoms. The molecule has 1 saturated heterocycles. The second-order valence-corrected chi connectivity index (χ2v) is 6.71. The quantitative estimate of drug-likeness (QED) is 0.833. The number of carbonyl (C=O) groups is 2. The molecule has 1 heterocycles. The van der Waals surface area contributed by atoms with Crippen LogP contribution < -0.4 is 5.32 Å². The smallest absolute Gasteiger partial charge is 0.249 e. The lowest BCUT2D eigenvalue weighted by Gasteiger charge is -2.47. The molecule has 2 amide bonds. The minimum atomic E-state index is -0.598. The zero-order valence-electron chi connectivity index (χ0n) is 13.7. The summed E-state index contributed by atoms with van der Waals surface area (Å²) < 4.78 is 0. The summed E-state index contributed by atoms with van der Waals surface area (Å²) in [5, 5.41) is 3.07. The Kier molecular flexibility index (Phi) is 5.25. The van der Waals surface area contributed by atoms with Crippen LogP contribution in [0, 0.1) is 0 Å². The Morgan fingerprint density at radius 3 is 2.48 bits per heavy atom. The van der Waals surface area contributed by atoms with Crippen molar-refractivity contribution in [1.29, 1.82) is 0 Å². The van der Waals surface area contributed by atoms with Crippen molar-refractivity contribution in [3.63, 3.8) is 0 Å². The molecule has 21 heavy (non-hydrogen) atoms. The second-order valence-electron chi connectivity index (χ2n) is 6.71. The first-order chi connectivity index (χ1) is 10.00. The Morgan fingerprint density at radius 1 is 1.24 bits per heavy atom. The Morgan fingerprint density at radius 2 is 1.90 bits per heavy atom. The summed E-state index contributed by atoms with van der Waals surface area (Å²) in [6, 6.07) is -0.285. The molecule has 0 aromatic carbocycles. The minimum absolute atomic E-state index is 0.0452. The summed E-state index contributed by atoms with van der Waals surface area (Å²) in [4.78, 5) is 29.4. The van der Waals surface area contributed by atoms with Gasteiger partial charge in [0.2, 0.25) is 11.8 Å². The van der Waals surface area contributed by atoms with E-state index < -0.39 is 5.54 Å². The summed E-state index contributed by atoms with van der Waals surface area (Å²) in [7, 11) is 4.06. The fraction of sp³-hybridized carbons (Fsp3) is 0.875. The first kappa shape index (κ1) is 16.3. The molecule has 0 bridgehead atoms. The van der Waals surface area contributed by atoms with Gasteiger partial charge in [-0.2, -0.15) is 0 Å². The molecule has 1 aliphatic heterocycles. The van der Waals surface area contributed by atoms with Gasteiger partial charge in [0.05, 0.1) is 0 Å². The van der Waals surface area contributed by atoms with E-state index in [1.165, 1.54) is 6.42 Å². The van der Waals surface area contributed by atoms with Crippen LogP contribution >= 0.6 is 0 Å². The third kappa shape index (κ3) is 3.39. The molecule has 2 rings (SSSR count). The van der Waals surface area contributed by atoms with Crippen molar-refractivity contribution in [3.05, 3.63) is 0 Å². The van der Waals surface area contributed by atoms with E-state index in [0.717, 1.165) is 38.6 Å². The van der Waals surface area contributed by atoms with Crippen molar-refractivity contribution in [1.82, 2.24) is 15.1 Å². The van der Waals surface area contributed by atoms with Gasteiger partial charge in [-0.3, -0.25) is 9.59 Å². The predicted octanol–water partition coefficient (Wildman–Crippen LogP) is 1.38. The lowest BCUT2D eigenvalue weighted by molar-refractivity contribution is -0.157. The zero-order valence-corrected chi connectivity index (χ0v) is 13.7. The van der Waals surface area contributed by atoms with E-state index in [2.05, 4.69) is 10.2 Å². The second kappa shape index (κ2) is 6.77. The maximum Gasteiger partial charge on any atom is 0.249 e. The van der Waals surface area contributed by atoms with Gasteiger partial charge in [0.1, 0.15) is 11.6 Å². The van der Waals surface area contributed by atoms with E-state index in [4.69, 9.17) is 0 Å². The van der Waals surface area contributed by atoms with Crippen LogP contribution in [-0.2, 0) is 9.59 Å². The van der Waals surface area contributed by atoms with E-state index >= 15 is 0 Å². The van der Waals surface area contributed by atoms with Crippen molar-refractivity contribution in [2.24, 2.45) is 0 Å². The van der Waals surface area contributed by atoms with Crippen molar-refractivity contribution >= 4 is 11.8 Å². The van der Waals surface area contributed by atoms with Crippen molar-refractivity contribution in [2.75, 3.05) is 27.2 Å². The SMILES string of the molecule is CCC1C(=O)NC2(CCCCC2)C(=O)N1CCCN(C)C. The lowest BCUT2D eigenvalue weighted by Crippen LogP contribution is -2.70. The summed E-state index contributed by atoms with van der Waals surface area (Å²) in [5.74, 6) is 0.205. The number of nitrogens with one attached hydrogen (secondary N) is 1. The third-order valence-corrected chi connectivity index (χ3v) is 4.81. The lowest BCUT2D eigenvalue weighted by atomic mass is 9.78. The van der Waals surface area contributed by atoms with Gasteiger partial charge in [0.15, 0.2) is 0 Å². The van der Waals surface area contributed by atoms with Gasteiger partial charge in [-0.1, -0.05) is 26.2 Å².